The number of hydrogen-bond acceptors (Lipinski definition) is 4. The highest BCUT2D eigenvalue weighted by Crippen LogP contribution is 2.44. The average Bonchev–Trinajstić information content (AvgIpc) is 2.77. The molecule has 31 heavy (non-hydrogen) atoms. The Morgan fingerprint density at radius 2 is 1.68 bits per heavy atom. The Labute approximate surface area is 189 Å². The third kappa shape index (κ3) is 5.21. The highest BCUT2D eigenvalue weighted by atomic mass is 35.5. The predicted molar refractivity (Wildman–Crippen MR) is 125 cm³/mol. The van der Waals surface area contributed by atoms with Gasteiger partial charge in [-0.15, -0.1) is 0 Å². The summed E-state index contributed by atoms with van der Waals surface area (Å²) in [5.41, 5.74) is 9.35. The number of ether oxygens (including phenoxy) is 1. The number of primary amides is 1. The van der Waals surface area contributed by atoms with E-state index in [9.17, 15) is 9.59 Å². The largest absolute Gasteiger partial charge is 0.465 e. The summed E-state index contributed by atoms with van der Waals surface area (Å²) in [6.07, 6.45) is 3.55. The van der Waals surface area contributed by atoms with Gasteiger partial charge < -0.3 is 15.4 Å². The Morgan fingerprint density at radius 1 is 1.03 bits per heavy atom. The number of anilines is 1. The topological polar surface area (TPSA) is 72.6 Å². The zero-order chi connectivity index (χ0) is 22.5. The highest BCUT2D eigenvalue weighted by Gasteiger charge is 2.34. The van der Waals surface area contributed by atoms with Gasteiger partial charge in [0.25, 0.3) is 0 Å². The van der Waals surface area contributed by atoms with Gasteiger partial charge in [0.05, 0.1) is 18.6 Å². The van der Waals surface area contributed by atoms with Crippen molar-refractivity contribution in [2.24, 2.45) is 11.7 Å². The van der Waals surface area contributed by atoms with Crippen molar-refractivity contribution in [1.29, 1.82) is 0 Å². The molecule has 0 aliphatic carbocycles. The smallest absolute Gasteiger partial charge is 0.337 e. The van der Waals surface area contributed by atoms with Crippen LogP contribution in [-0.4, -0.2) is 32.1 Å². The first kappa shape index (κ1) is 23.1. The Balaban J connectivity index is 2.08. The molecule has 0 aromatic heterocycles. The Hall–Kier alpha value is -2.53. The first-order chi connectivity index (χ1) is 14.8. The maximum atomic E-state index is 12.8. The number of hydrogen-bond donors (Lipinski definition) is 1. The molecule has 0 radical (unpaired) electrons. The number of rotatable bonds is 7. The number of nitrogens with two attached hydrogens (primary N) is 1. The molecule has 2 N–H and O–H groups in total. The van der Waals surface area contributed by atoms with E-state index >= 15 is 0 Å². The molecule has 1 saturated heterocycles. The van der Waals surface area contributed by atoms with Gasteiger partial charge in [0.1, 0.15) is 0 Å². The van der Waals surface area contributed by atoms with Crippen LogP contribution in [0.25, 0.3) is 0 Å². The zero-order valence-electron chi connectivity index (χ0n) is 18.4. The number of methoxy groups -OCH3 is 1. The normalized spacial score (nSPS) is 16.1. The third-order valence-electron chi connectivity index (χ3n) is 6.12. The Bertz CT molecular complexity index is 921. The van der Waals surface area contributed by atoms with Gasteiger partial charge in [-0.25, -0.2) is 4.79 Å². The van der Waals surface area contributed by atoms with Gasteiger partial charge in [-0.3, -0.25) is 4.79 Å². The van der Waals surface area contributed by atoms with Crippen LogP contribution in [0, 0.1) is 5.92 Å². The molecule has 2 atom stereocenters. The van der Waals surface area contributed by atoms with Crippen molar-refractivity contribution in [3.05, 3.63) is 64.2 Å². The summed E-state index contributed by atoms with van der Waals surface area (Å²) in [6.45, 7) is 6.19. The van der Waals surface area contributed by atoms with E-state index < -0.39 is 17.8 Å². The van der Waals surface area contributed by atoms with Crippen molar-refractivity contribution in [3.63, 3.8) is 0 Å². The number of carbonyl (C=O) groups is 2. The maximum absolute atomic E-state index is 12.8. The molecular formula is C25H31ClN2O3. The summed E-state index contributed by atoms with van der Waals surface area (Å²) < 4.78 is 4.78. The van der Waals surface area contributed by atoms with Crippen LogP contribution in [0.15, 0.2) is 42.5 Å². The van der Waals surface area contributed by atoms with Crippen molar-refractivity contribution in [2.75, 3.05) is 25.1 Å². The lowest BCUT2D eigenvalue weighted by molar-refractivity contribution is -0.120. The van der Waals surface area contributed by atoms with Gasteiger partial charge in [-0.1, -0.05) is 37.6 Å². The lowest BCUT2D eigenvalue weighted by Crippen LogP contribution is -2.33. The van der Waals surface area contributed by atoms with Crippen molar-refractivity contribution in [2.45, 2.75) is 44.9 Å². The van der Waals surface area contributed by atoms with Gasteiger partial charge in [0.2, 0.25) is 5.91 Å². The molecule has 6 heteroatoms. The first-order valence-electron chi connectivity index (χ1n) is 10.9. The van der Waals surface area contributed by atoms with E-state index in [1.165, 1.54) is 13.5 Å². The number of piperidine rings is 1. The number of nitrogens with zero attached hydrogens (tertiary/aromatic N) is 1. The van der Waals surface area contributed by atoms with E-state index in [-0.39, 0.29) is 11.8 Å². The van der Waals surface area contributed by atoms with Crippen LogP contribution in [0.1, 0.15) is 66.4 Å². The average molecular weight is 443 g/mol. The van der Waals surface area contributed by atoms with Gasteiger partial charge >= 0.3 is 5.97 Å². The molecule has 2 unspecified atom stereocenters. The lowest BCUT2D eigenvalue weighted by Gasteiger charge is -2.36. The van der Waals surface area contributed by atoms with Gasteiger partial charge in [0.15, 0.2) is 0 Å². The number of benzene rings is 2. The quantitative estimate of drug-likeness (QED) is 0.603. The monoisotopic (exact) mass is 442 g/mol. The summed E-state index contributed by atoms with van der Waals surface area (Å²) in [6, 6.07) is 12.9. The standard InChI is InChI=1S/C25H31ClN2O3/c1-16(2)22(20-15-19(26)11-12-21(20)28-13-5-4-6-14-28)23(24(27)29)17-7-9-18(10-8-17)25(30)31-3/h7-12,15-16,22-23H,4-6,13-14H2,1-3H3,(H2,27,29). The number of carbonyl (C=O) groups excluding carboxylic acids is 2. The second-order valence-electron chi connectivity index (χ2n) is 8.51. The Morgan fingerprint density at radius 3 is 2.23 bits per heavy atom. The SMILES string of the molecule is COC(=O)c1ccc(C(C(N)=O)C(c2cc(Cl)ccc2N2CCCCC2)C(C)C)cc1. The highest BCUT2D eigenvalue weighted by molar-refractivity contribution is 6.30. The fourth-order valence-corrected chi connectivity index (χ4v) is 4.81. The van der Waals surface area contributed by atoms with Crippen LogP contribution in [0.5, 0.6) is 0 Å². The number of esters is 1. The molecule has 1 fully saturated rings. The molecule has 2 aromatic carbocycles. The summed E-state index contributed by atoms with van der Waals surface area (Å²) in [5.74, 6) is -1.37. The molecule has 2 aromatic rings. The van der Waals surface area contributed by atoms with E-state index in [1.807, 2.05) is 12.1 Å². The van der Waals surface area contributed by atoms with Crippen molar-refractivity contribution in [3.8, 4) is 0 Å². The van der Waals surface area contributed by atoms with Crippen LogP contribution in [0.2, 0.25) is 5.02 Å². The molecule has 0 spiro atoms. The second-order valence-corrected chi connectivity index (χ2v) is 8.95. The predicted octanol–water partition coefficient (Wildman–Crippen LogP) is 5.13. The van der Waals surface area contributed by atoms with Crippen LogP contribution in [0.4, 0.5) is 5.69 Å². The molecular weight excluding hydrogens is 412 g/mol. The molecule has 0 bridgehead atoms. The molecule has 5 nitrogen and oxygen atoms in total. The fraction of sp³-hybridized carbons (Fsp3) is 0.440. The van der Waals surface area contributed by atoms with Crippen molar-refractivity contribution in [1.82, 2.24) is 0 Å². The molecule has 1 aliphatic rings. The van der Waals surface area contributed by atoms with Crippen LogP contribution < -0.4 is 10.6 Å². The Kier molecular flexibility index (Phi) is 7.60. The third-order valence-corrected chi connectivity index (χ3v) is 6.36. The maximum Gasteiger partial charge on any atom is 0.337 e. The van der Waals surface area contributed by atoms with Crippen LogP contribution in [0.3, 0.4) is 0 Å². The molecule has 1 amide bonds. The number of amides is 1. The van der Waals surface area contributed by atoms with Crippen LogP contribution in [-0.2, 0) is 9.53 Å². The van der Waals surface area contributed by atoms with E-state index in [0.717, 1.165) is 42.7 Å². The molecule has 0 saturated carbocycles. The first-order valence-corrected chi connectivity index (χ1v) is 11.2. The van der Waals surface area contributed by atoms with Crippen LogP contribution >= 0.6 is 11.6 Å². The van der Waals surface area contributed by atoms with Gasteiger partial charge in [0, 0.05) is 29.7 Å². The molecule has 1 heterocycles. The fourth-order valence-electron chi connectivity index (χ4n) is 4.63. The second kappa shape index (κ2) is 10.2. The van der Waals surface area contributed by atoms with Gasteiger partial charge in [-0.2, -0.15) is 0 Å². The van der Waals surface area contributed by atoms with E-state index in [2.05, 4.69) is 24.8 Å². The summed E-state index contributed by atoms with van der Waals surface area (Å²) in [4.78, 5) is 27.0. The number of halogens is 1. The zero-order valence-corrected chi connectivity index (χ0v) is 19.2. The van der Waals surface area contributed by atoms with E-state index in [4.69, 9.17) is 22.1 Å². The van der Waals surface area contributed by atoms with Gasteiger partial charge in [-0.05, 0) is 66.6 Å². The summed E-state index contributed by atoms with van der Waals surface area (Å²) >= 11 is 6.42. The molecule has 3 rings (SSSR count). The van der Waals surface area contributed by atoms with Crippen molar-refractivity contribution >= 4 is 29.2 Å². The summed E-state index contributed by atoms with van der Waals surface area (Å²) in [7, 11) is 1.35. The minimum absolute atomic E-state index is 0.139. The van der Waals surface area contributed by atoms with E-state index in [0.29, 0.717) is 10.6 Å². The minimum Gasteiger partial charge on any atom is -0.465 e. The minimum atomic E-state index is -0.547. The lowest BCUT2D eigenvalue weighted by atomic mass is 9.74. The van der Waals surface area contributed by atoms with Crippen molar-refractivity contribution < 1.29 is 14.3 Å². The van der Waals surface area contributed by atoms with E-state index in [1.54, 1.807) is 24.3 Å². The summed E-state index contributed by atoms with van der Waals surface area (Å²) in [5, 5.41) is 0.644. The molecule has 166 valence electrons. The molecule has 1 aliphatic heterocycles.